The minimum Gasteiger partial charge on any atom is -0.481 e. The summed E-state index contributed by atoms with van der Waals surface area (Å²) in [6.45, 7) is 9.35. The number of carboxylic acids is 4. The zero-order valence-electron chi connectivity index (χ0n) is 43.1. The average Bonchev–Trinajstić information content (AvgIpc) is 3.31. The monoisotopic (exact) mass is 1080 g/mol. The molecule has 30 heteroatoms. The van der Waals surface area contributed by atoms with Gasteiger partial charge in [0, 0.05) is 12.8 Å². The van der Waals surface area contributed by atoms with Gasteiger partial charge in [-0.2, -0.15) is 0 Å². The Balaban J connectivity index is 6.48. The lowest BCUT2D eigenvalue weighted by Gasteiger charge is -2.29. The normalized spacial score (nSPS) is 15.9. The van der Waals surface area contributed by atoms with E-state index < -0.39 is 188 Å². The molecular weight excluding hydrogens is 999 g/mol. The topological polar surface area (TPSA) is 504 Å². The second kappa shape index (κ2) is 34.4. The number of nitrogens with two attached hydrogens (primary N) is 2. The van der Waals surface area contributed by atoms with Crippen LogP contribution in [0.15, 0.2) is 0 Å². The number of aliphatic hydroxyl groups excluding tert-OH is 2. The molecule has 0 bridgehead atoms. The molecule has 426 valence electrons. The van der Waals surface area contributed by atoms with Gasteiger partial charge >= 0.3 is 23.9 Å². The fourth-order valence-electron chi connectivity index (χ4n) is 6.81. The van der Waals surface area contributed by atoms with Gasteiger partial charge in [0.25, 0.3) is 0 Å². The number of carbonyl (C=O) groups excluding carboxylic acids is 9. The largest absolute Gasteiger partial charge is 0.481 e. The summed E-state index contributed by atoms with van der Waals surface area (Å²) in [7, 11) is 0. The van der Waals surface area contributed by atoms with Gasteiger partial charge in [-0.25, -0.2) is 0 Å². The first kappa shape index (κ1) is 68.0. The van der Waals surface area contributed by atoms with E-state index in [0.717, 1.165) is 13.8 Å². The minimum atomic E-state index is -1.98. The van der Waals surface area contributed by atoms with Crippen LogP contribution in [0.4, 0.5) is 0 Å². The van der Waals surface area contributed by atoms with Gasteiger partial charge in [-0.15, -0.1) is 0 Å². The number of hydrogen-bond acceptors (Lipinski definition) is 17. The number of carboxylic acid groups (broad SMARTS) is 4. The molecule has 0 aromatic rings. The Kier molecular flexibility index (Phi) is 31.2. The summed E-state index contributed by atoms with van der Waals surface area (Å²) < 4.78 is 0. The zero-order valence-corrected chi connectivity index (χ0v) is 43.1. The summed E-state index contributed by atoms with van der Waals surface area (Å²) in [6.07, 6.45) is -6.12. The standard InChI is InChI=1S/C45H77N11O19/c1-8-21(4)34(55-44(73)36(24(7)58)56-37(66)25(47)17-20(2)3)42(71)53-29(18-33(64)65)41(70)51-28(13-15-32(62)63)40(69)50-26(11-9-10-16-46)38(67)48-19-30(59)54-35(23(6)57)43(72)52-27(12-14-31(60)61)39(68)49-22(5)45(74)75/h20-29,34-36,57-58H,8-19,46-47H2,1-7H3,(H,48,67)(H,49,68)(H,50,69)(H,51,70)(H,52,72)(H,53,71)(H,54,59)(H,55,73)(H,56,66)(H,60,61)(H,62,63)(H,64,65)(H,74,75)/t21-,22-,23+,24+,25-,26-,27-,28-,29-,34-,35-,36-/m0/s1. The Bertz CT molecular complexity index is 2010. The van der Waals surface area contributed by atoms with E-state index in [1.165, 1.54) is 13.8 Å². The van der Waals surface area contributed by atoms with Crippen LogP contribution in [0, 0.1) is 11.8 Å². The van der Waals surface area contributed by atoms with Gasteiger partial charge in [0.15, 0.2) is 0 Å². The second-order valence-corrected chi connectivity index (χ2v) is 18.4. The summed E-state index contributed by atoms with van der Waals surface area (Å²) in [5, 5.41) is 78.4. The van der Waals surface area contributed by atoms with Gasteiger partial charge in [-0.05, 0) is 77.7 Å². The van der Waals surface area contributed by atoms with E-state index in [-0.39, 0.29) is 38.1 Å². The molecule has 0 aliphatic carbocycles. The Morgan fingerprint density at radius 1 is 0.480 bits per heavy atom. The molecule has 0 heterocycles. The lowest BCUT2D eigenvalue weighted by Crippen LogP contribution is -2.62. The number of aliphatic carboxylic acids is 4. The number of nitrogens with one attached hydrogen (secondary N) is 9. The van der Waals surface area contributed by atoms with Crippen LogP contribution in [-0.4, -0.2) is 187 Å². The van der Waals surface area contributed by atoms with Crippen molar-refractivity contribution in [1.82, 2.24) is 47.9 Å². The van der Waals surface area contributed by atoms with Crippen molar-refractivity contribution in [1.29, 1.82) is 0 Å². The predicted molar refractivity (Wildman–Crippen MR) is 261 cm³/mol. The first-order chi connectivity index (χ1) is 34.9. The molecule has 9 amide bonds. The summed E-state index contributed by atoms with van der Waals surface area (Å²) in [4.78, 5) is 166. The number of rotatable bonds is 37. The highest BCUT2D eigenvalue weighted by Gasteiger charge is 2.37. The molecule has 30 nitrogen and oxygen atoms in total. The van der Waals surface area contributed by atoms with Crippen LogP contribution in [0.25, 0.3) is 0 Å². The van der Waals surface area contributed by atoms with Crippen molar-refractivity contribution in [3.05, 3.63) is 0 Å². The van der Waals surface area contributed by atoms with E-state index in [9.17, 15) is 82.8 Å². The molecule has 0 aliphatic heterocycles. The third kappa shape index (κ3) is 26.6. The van der Waals surface area contributed by atoms with Crippen molar-refractivity contribution in [3.63, 3.8) is 0 Å². The van der Waals surface area contributed by atoms with Crippen LogP contribution in [0.5, 0.6) is 0 Å². The fourth-order valence-corrected chi connectivity index (χ4v) is 6.81. The maximum Gasteiger partial charge on any atom is 0.325 e. The van der Waals surface area contributed by atoms with Gasteiger partial charge < -0.3 is 90.0 Å². The van der Waals surface area contributed by atoms with E-state index in [1.807, 2.05) is 13.8 Å². The van der Waals surface area contributed by atoms with Crippen molar-refractivity contribution in [2.75, 3.05) is 13.1 Å². The smallest absolute Gasteiger partial charge is 0.325 e. The third-order valence-corrected chi connectivity index (χ3v) is 11.3. The van der Waals surface area contributed by atoms with Crippen LogP contribution in [0.1, 0.15) is 113 Å². The lowest BCUT2D eigenvalue weighted by atomic mass is 9.96. The first-order valence-corrected chi connectivity index (χ1v) is 24.3. The molecule has 19 N–H and O–H groups in total. The molecule has 0 spiro atoms. The lowest BCUT2D eigenvalue weighted by molar-refractivity contribution is -0.142. The van der Waals surface area contributed by atoms with Crippen LogP contribution in [0.3, 0.4) is 0 Å². The van der Waals surface area contributed by atoms with Crippen LogP contribution < -0.4 is 59.3 Å². The molecule has 12 atom stereocenters. The van der Waals surface area contributed by atoms with Gasteiger partial charge in [-0.1, -0.05) is 34.1 Å². The minimum absolute atomic E-state index is 0.000387. The molecule has 0 radical (unpaired) electrons. The van der Waals surface area contributed by atoms with E-state index >= 15 is 0 Å². The van der Waals surface area contributed by atoms with E-state index in [1.54, 1.807) is 6.92 Å². The van der Waals surface area contributed by atoms with Crippen LogP contribution in [0.2, 0.25) is 0 Å². The van der Waals surface area contributed by atoms with E-state index in [2.05, 4.69) is 47.9 Å². The summed E-state index contributed by atoms with van der Waals surface area (Å²) >= 11 is 0. The van der Waals surface area contributed by atoms with Crippen LogP contribution >= 0.6 is 0 Å². The van der Waals surface area contributed by atoms with Gasteiger partial charge in [0.05, 0.1) is 31.2 Å². The number of unbranched alkanes of at least 4 members (excludes halogenated alkanes) is 1. The molecular formula is C45H77N11O19. The van der Waals surface area contributed by atoms with Crippen molar-refractivity contribution in [3.8, 4) is 0 Å². The van der Waals surface area contributed by atoms with Crippen molar-refractivity contribution < 1.29 is 93.0 Å². The van der Waals surface area contributed by atoms with Crippen molar-refractivity contribution in [2.24, 2.45) is 23.3 Å². The summed E-state index contributed by atoms with van der Waals surface area (Å²) in [6, 6.07) is -14.4. The van der Waals surface area contributed by atoms with Gasteiger partial charge in [0.2, 0.25) is 53.2 Å². The quantitative estimate of drug-likeness (QED) is 0.0258. The summed E-state index contributed by atoms with van der Waals surface area (Å²) in [5.41, 5.74) is 11.5. The van der Waals surface area contributed by atoms with E-state index in [4.69, 9.17) is 21.7 Å². The maximum absolute atomic E-state index is 13.8. The maximum atomic E-state index is 13.8. The third-order valence-electron chi connectivity index (χ3n) is 11.3. The molecule has 75 heavy (non-hydrogen) atoms. The number of amides is 9. The molecule has 0 fully saturated rings. The number of carbonyl (C=O) groups is 13. The van der Waals surface area contributed by atoms with Crippen molar-refractivity contribution in [2.45, 2.75) is 179 Å². The van der Waals surface area contributed by atoms with Gasteiger partial charge in [-0.3, -0.25) is 62.3 Å². The Labute approximate surface area is 432 Å². The fraction of sp³-hybridized carbons (Fsp3) is 0.711. The first-order valence-electron chi connectivity index (χ1n) is 24.3. The van der Waals surface area contributed by atoms with Crippen LogP contribution in [-0.2, 0) is 62.3 Å². The second-order valence-electron chi connectivity index (χ2n) is 18.4. The SMILES string of the molecule is CC[C@H](C)[C@H](NC(=O)[C@@H](NC(=O)[C@@H](N)CC(C)C)[C@@H](C)O)C(=O)N[C@@H](CC(=O)O)C(=O)N[C@@H](CCC(=O)O)C(=O)N[C@@H](CCCCN)C(=O)NCC(=O)N[C@H](C(=O)N[C@@H](CCC(=O)O)C(=O)N[C@@H](C)C(=O)O)[C@@H](C)O. The predicted octanol–water partition coefficient (Wildman–Crippen LogP) is -5.40. The molecule has 0 aliphatic rings. The zero-order chi connectivity index (χ0) is 57.9. The Hall–Kier alpha value is -7.05. The molecule has 0 aromatic heterocycles. The van der Waals surface area contributed by atoms with Gasteiger partial charge in [0.1, 0.15) is 48.3 Å². The van der Waals surface area contributed by atoms with Crippen molar-refractivity contribution >= 4 is 77.0 Å². The molecule has 0 unspecified atom stereocenters. The number of hydrogen-bond donors (Lipinski definition) is 17. The highest BCUT2D eigenvalue weighted by atomic mass is 16.4. The Morgan fingerprint density at radius 3 is 1.36 bits per heavy atom. The highest BCUT2D eigenvalue weighted by molar-refractivity contribution is 5.99. The molecule has 0 saturated carbocycles. The highest BCUT2D eigenvalue weighted by Crippen LogP contribution is 2.12. The Morgan fingerprint density at radius 2 is 0.907 bits per heavy atom. The van der Waals surface area contributed by atoms with E-state index in [0.29, 0.717) is 6.42 Å². The number of aliphatic hydroxyl groups is 2. The summed E-state index contributed by atoms with van der Waals surface area (Å²) in [5.74, 6) is -16.5. The molecule has 0 saturated heterocycles. The molecule has 0 rings (SSSR count). The molecule has 0 aromatic carbocycles. The average molecular weight is 1080 g/mol.